The smallest absolute Gasteiger partial charge is 0.265 e. The molecule has 0 heterocycles. The normalized spacial score (nSPS) is 11.5. The van der Waals surface area contributed by atoms with Gasteiger partial charge in [0.1, 0.15) is 0 Å². The van der Waals surface area contributed by atoms with E-state index < -0.39 is 0 Å². The lowest BCUT2D eigenvalue weighted by Gasteiger charge is -2.28. The lowest BCUT2D eigenvalue weighted by Crippen LogP contribution is -2.32. The van der Waals surface area contributed by atoms with Gasteiger partial charge in [0, 0.05) is 4.90 Å². The molecular formula is C29H33NOS. The quantitative estimate of drug-likeness (QED) is 0.260. The molecule has 3 heteroatoms. The summed E-state index contributed by atoms with van der Waals surface area (Å²) >= 11 is 1.56. The van der Waals surface area contributed by atoms with Crippen molar-refractivity contribution in [3.63, 3.8) is 0 Å². The molecule has 0 saturated heterocycles. The maximum absolute atomic E-state index is 14.1. The third-order valence-electron chi connectivity index (χ3n) is 5.41. The maximum Gasteiger partial charge on any atom is 0.265 e. The molecule has 3 rings (SSSR count). The van der Waals surface area contributed by atoms with Gasteiger partial charge in [-0.05, 0) is 62.9 Å². The van der Waals surface area contributed by atoms with E-state index in [9.17, 15) is 4.79 Å². The zero-order valence-corrected chi connectivity index (χ0v) is 20.6. The first-order valence-electron chi connectivity index (χ1n) is 11.3. The van der Waals surface area contributed by atoms with E-state index >= 15 is 0 Å². The second-order valence-corrected chi connectivity index (χ2v) is 9.51. The van der Waals surface area contributed by atoms with Crippen LogP contribution in [0.15, 0.2) is 82.6 Å². The Hall–Kier alpha value is -2.78. The molecule has 3 aromatic carbocycles. The fraction of sp³-hybridized carbons (Fsp3) is 0.276. The summed E-state index contributed by atoms with van der Waals surface area (Å²) in [7, 11) is 0. The molecule has 0 atom stereocenters. The van der Waals surface area contributed by atoms with Crippen LogP contribution in [0.3, 0.4) is 0 Å². The molecule has 0 bridgehead atoms. The van der Waals surface area contributed by atoms with Crippen LogP contribution in [-0.4, -0.2) is 5.91 Å². The fourth-order valence-electron chi connectivity index (χ4n) is 3.93. The number of carbonyl (C=O) groups is 1. The Labute approximate surface area is 197 Å². The largest absolute Gasteiger partial charge is 0.303 e. The van der Waals surface area contributed by atoms with E-state index in [1.807, 2.05) is 23.1 Å². The molecule has 0 saturated carbocycles. The van der Waals surface area contributed by atoms with Gasteiger partial charge in [-0.3, -0.25) is 4.79 Å². The molecule has 1 amide bonds. The first-order valence-corrected chi connectivity index (χ1v) is 12.1. The number of nitrogens with zero attached hydrogens (tertiary/aromatic N) is 1. The Morgan fingerprint density at radius 3 is 2.09 bits per heavy atom. The molecule has 0 aliphatic heterocycles. The number of hydrogen-bond donors (Lipinski definition) is 0. The van der Waals surface area contributed by atoms with Crippen molar-refractivity contribution in [3.05, 3.63) is 106 Å². The number of amides is 1. The number of benzene rings is 3. The van der Waals surface area contributed by atoms with E-state index in [1.54, 1.807) is 11.8 Å². The lowest BCUT2D eigenvalue weighted by molar-refractivity contribution is -0.114. The number of unbranched alkanes of at least 4 members (excludes halogenated alkanes) is 1. The van der Waals surface area contributed by atoms with Crippen LogP contribution in [-0.2, 0) is 11.3 Å². The monoisotopic (exact) mass is 443 g/mol. The van der Waals surface area contributed by atoms with Crippen molar-refractivity contribution < 1.29 is 4.79 Å². The molecule has 0 aliphatic rings. The van der Waals surface area contributed by atoms with Crippen molar-refractivity contribution in [3.8, 4) is 0 Å². The van der Waals surface area contributed by atoms with Gasteiger partial charge < -0.3 is 4.90 Å². The van der Waals surface area contributed by atoms with Crippen molar-refractivity contribution in [2.45, 2.75) is 58.9 Å². The summed E-state index contributed by atoms with van der Waals surface area (Å²) in [6, 6.07) is 22.9. The van der Waals surface area contributed by atoms with Crippen molar-refractivity contribution >= 4 is 23.4 Å². The average molecular weight is 444 g/mol. The molecule has 0 aromatic heterocycles. The van der Waals surface area contributed by atoms with E-state index in [0.29, 0.717) is 6.54 Å². The second-order valence-electron chi connectivity index (χ2n) is 8.40. The molecule has 0 spiro atoms. The maximum atomic E-state index is 14.1. The first kappa shape index (κ1) is 23.9. The summed E-state index contributed by atoms with van der Waals surface area (Å²) in [5, 5.41) is 0. The Balaban J connectivity index is 2.04. The van der Waals surface area contributed by atoms with Crippen LogP contribution < -0.4 is 4.90 Å². The molecule has 2 nitrogen and oxygen atoms in total. The van der Waals surface area contributed by atoms with E-state index in [1.165, 1.54) is 11.1 Å². The van der Waals surface area contributed by atoms with Gasteiger partial charge >= 0.3 is 0 Å². The third kappa shape index (κ3) is 6.14. The number of allylic oxidation sites excluding steroid dienone is 1. The van der Waals surface area contributed by atoms with Crippen LogP contribution >= 0.6 is 11.8 Å². The fourth-order valence-corrected chi connectivity index (χ4v) is 4.86. The van der Waals surface area contributed by atoms with Gasteiger partial charge in [0.25, 0.3) is 5.91 Å². The molecule has 0 radical (unpaired) electrons. The van der Waals surface area contributed by atoms with Crippen molar-refractivity contribution in [2.24, 2.45) is 0 Å². The van der Waals surface area contributed by atoms with E-state index in [-0.39, 0.29) is 5.91 Å². The highest BCUT2D eigenvalue weighted by molar-refractivity contribution is 8.04. The Bertz CT molecular complexity index is 1060. The molecule has 0 N–H and O–H groups in total. The van der Waals surface area contributed by atoms with Crippen molar-refractivity contribution in [1.29, 1.82) is 0 Å². The number of hydrogen-bond acceptors (Lipinski definition) is 2. The van der Waals surface area contributed by atoms with Crippen molar-refractivity contribution in [1.82, 2.24) is 0 Å². The minimum Gasteiger partial charge on any atom is -0.303 e. The van der Waals surface area contributed by atoms with E-state index in [4.69, 9.17) is 0 Å². The van der Waals surface area contributed by atoms with Crippen LogP contribution in [0.2, 0.25) is 0 Å². The first-order chi connectivity index (χ1) is 15.4. The summed E-state index contributed by atoms with van der Waals surface area (Å²) in [5.41, 5.74) is 6.82. The van der Waals surface area contributed by atoms with Crippen LogP contribution in [0.1, 0.15) is 47.6 Å². The average Bonchev–Trinajstić information content (AvgIpc) is 2.77. The minimum absolute atomic E-state index is 0.0583. The van der Waals surface area contributed by atoms with Crippen LogP contribution in [0.4, 0.5) is 5.69 Å². The second kappa shape index (κ2) is 11.2. The highest BCUT2D eigenvalue weighted by Gasteiger charge is 2.24. The zero-order valence-electron chi connectivity index (χ0n) is 19.8. The summed E-state index contributed by atoms with van der Waals surface area (Å²) in [6.07, 6.45) is 3.99. The zero-order chi connectivity index (χ0) is 23.1. The summed E-state index contributed by atoms with van der Waals surface area (Å²) in [5.74, 6) is 0.0583. The van der Waals surface area contributed by atoms with Gasteiger partial charge in [-0.15, -0.1) is 0 Å². The van der Waals surface area contributed by atoms with Crippen LogP contribution in [0, 0.1) is 27.7 Å². The minimum atomic E-state index is 0.0583. The lowest BCUT2D eigenvalue weighted by atomic mass is 10.0. The van der Waals surface area contributed by atoms with Crippen LogP contribution in [0.25, 0.3) is 0 Å². The predicted octanol–water partition coefficient (Wildman–Crippen LogP) is 7.93. The summed E-state index contributed by atoms with van der Waals surface area (Å²) < 4.78 is 0. The number of rotatable bonds is 8. The van der Waals surface area contributed by atoms with Gasteiger partial charge in [0.05, 0.1) is 17.1 Å². The summed E-state index contributed by atoms with van der Waals surface area (Å²) in [4.78, 5) is 17.9. The molecular weight excluding hydrogens is 410 g/mol. The van der Waals surface area contributed by atoms with Gasteiger partial charge in [0.2, 0.25) is 0 Å². The Morgan fingerprint density at radius 2 is 1.50 bits per heavy atom. The summed E-state index contributed by atoms with van der Waals surface area (Å²) in [6.45, 7) is 11.1. The van der Waals surface area contributed by atoms with E-state index in [0.717, 1.165) is 45.0 Å². The van der Waals surface area contributed by atoms with Gasteiger partial charge in [-0.25, -0.2) is 0 Å². The SMILES string of the molecule is CCC/C=C(\Sc1ccc(C)cc1)C(=O)N(Cc1ccccc1)c1c(C)cc(C)cc1C. The van der Waals surface area contributed by atoms with Crippen LogP contribution in [0.5, 0.6) is 0 Å². The van der Waals surface area contributed by atoms with E-state index in [2.05, 4.69) is 89.2 Å². The molecule has 166 valence electrons. The Kier molecular flexibility index (Phi) is 8.35. The highest BCUT2D eigenvalue weighted by Crippen LogP contribution is 2.34. The molecule has 3 aromatic rings. The number of carbonyl (C=O) groups excluding carboxylic acids is 1. The van der Waals surface area contributed by atoms with Gasteiger partial charge in [0.15, 0.2) is 0 Å². The molecule has 0 unspecified atom stereocenters. The predicted molar refractivity (Wildman–Crippen MR) is 138 cm³/mol. The third-order valence-corrected chi connectivity index (χ3v) is 6.48. The van der Waals surface area contributed by atoms with Gasteiger partial charge in [-0.1, -0.05) is 96.9 Å². The molecule has 0 aliphatic carbocycles. The number of aryl methyl sites for hydroxylation is 4. The topological polar surface area (TPSA) is 20.3 Å². The molecule has 32 heavy (non-hydrogen) atoms. The van der Waals surface area contributed by atoms with Gasteiger partial charge in [-0.2, -0.15) is 0 Å². The Morgan fingerprint density at radius 1 is 0.875 bits per heavy atom. The highest BCUT2D eigenvalue weighted by atomic mass is 32.2. The molecule has 0 fully saturated rings. The number of anilines is 1. The standard InChI is InChI=1S/C29H33NOS/c1-6-7-13-27(32-26-16-14-21(2)15-17-26)29(31)30(20-25-11-9-8-10-12-25)28-23(4)18-22(3)19-24(28)5/h8-19H,6-7,20H2,1-5H3/b27-13-. The number of thioether (sulfide) groups is 1. The van der Waals surface area contributed by atoms with Crippen molar-refractivity contribution in [2.75, 3.05) is 4.90 Å².